The molecule has 0 fully saturated rings. The van der Waals surface area contributed by atoms with Crippen LogP contribution in [0.2, 0.25) is 5.02 Å². The molecule has 1 N–H and O–H groups in total. The Hall–Kier alpha value is -1.02. The van der Waals surface area contributed by atoms with Crippen molar-refractivity contribution in [1.29, 1.82) is 0 Å². The molecule has 0 saturated heterocycles. The van der Waals surface area contributed by atoms with Crippen LogP contribution in [0.1, 0.15) is 26.3 Å². The second-order valence-corrected chi connectivity index (χ2v) is 4.91. The van der Waals surface area contributed by atoms with Gasteiger partial charge in [0.05, 0.1) is 5.02 Å². The topological polar surface area (TPSA) is 28.7 Å². The molecule has 0 spiro atoms. The molecule has 0 aliphatic rings. The number of hydrogen-bond donors (Lipinski definition) is 1. The summed E-state index contributed by atoms with van der Waals surface area (Å²) < 4.78 is 0. The van der Waals surface area contributed by atoms with E-state index in [9.17, 15) is 0 Å². The third-order valence-corrected chi connectivity index (χ3v) is 2.66. The fraction of sp³-hybridized carbons (Fsp3) is 0.364. The molecule has 3 heteroatoms. The SMILES string of the molecule is CC(C)(C)c1cnc2[nH]cc(Cl)c2c1. The van der Waals surface area contributed by atoms with E-state index in [4.69, 9.17) is 11.6 Å². The number of aromatic amines is 1. The fourth-order valence-corrected chi connectivity index (χ4v) is 1.58. The predicted octanol–water partition coefficient (Wildman–Crippen LogP) is 3.51. The molecular weight excluding hydrogens is 196 g/mol. The van der Waals surface area contributed by atoms with Gasteiger partial charge in [0.15, 0.2) is 0 Å². The molecule has 0 aliphatic heterocycles. The summed E-state index contributed by atoms with van der Waals surface area (Å²) >= 11 is 6.02. The maximum atomic E-state index is 6.02. The Morgan fingerprint density at radius 3 is 2.71 bits per heavy atom. The van der Waals surface area contributed by atoms with Gasteiger partial charge in [-0.05, 0) is 17.0 Å². The lowest BCUT2D eigenvalue weighted by atomic mass is 9.88. The molecule has 2 nitrogen and oxygen atoms in total. The third-order valence-electron chi connectivity index (χ3n) is 2.35. The lowest BCUT2D eigenvalue weighted by Gasteiger charge is -2.18. The number of fused-ring (bicyclic) bond motifs is 1. The molecule has 0 radical (unpaired) electrons. The van der Waals surface area contributed by atoms with Crippen LogP contribution in [0, 0.1) is 0 Å². The van der Waals surface area contributed by atoms with Gasteiger partial charge < -0.3 is 4.98 Å². The Bertz CT molecular complexity index is 466. The lowest BCUT2D eigenvalue weighted by molar-refractivity contribution is 0.588. The summed E-state index contributed by atoms with van der Waals surface area (Å²) in [4.78, 5) is 7.35. The highest BCUT2D eigenvalue weighted by molar-refractivity contribution is 6.35. The van der Waals surface area contributed by atoms with E-state index in [-0.39, 0.29) is 5.41 Å². The van der Waals surface area contributed by atoms with E-state index >= 15 is 0 Å². The van der Waals surface area contributed by atoms with E-state index in [2.05, 4.69) is 36.8 Å². The number of halogens is 1. The first-order chi connectivity index (χ1) is 6.48. The van der Waals surface area contributed by atoms with Gasteiger partial charge in [-0.1, -0.05) is 32.4 Å². The second-order valence-electron chi connectivity index (χ2n) is 4.51. The maximum Gasteiger partial charge on any atom is 0.138 e. The van der Waals surface area contributed by atoms with Gasteiger partial charge in [-0.2, -0.15) is 0 Å². The Balaban J connectivity index is 2.66. The number of aromatic nitrogens is 2. The van der Waals surface area contributed by atoms with Crippen LogP contribution in [0.4, 0.5) is 0 Å². The largest absolute Gasteiger partial charge is 0.345 e. The second kappa shape index (κ2) is 2.99. The van der Waals surface area contributed by atoms with Crippen molar-refractivity contribution in [2.75, 3.05) is 0 Å². The van der Waals surface area contributed by atoms with Crippen LogP contribution >= 0.6 is 11.6 Å². The van der Waals surface area contributed by atoms with E-state index < -0.39 is 0 Å². The molecule has 0 aliphatic carbocycles. The monoisotopic (exact) mass is 208 g/mol. The maximum absolute atomic E-state index is 6.02. The molecule has 0 amide bonds. The van der Waals surface area contributed by atoms with E-state index in [1.807, 2.05) is 6.20 Å². The van der Waals surface area contributed by atoms with Crippen LogP contribution in [0.15, 0.2) is 18.5 Å². The molecule has 74 valence electrons. The van der Waals surface area contributed by atoms with E-state index in [1.165, 1.54) is 5.56 Å². The summed E-state index contributed by atoms with van der Waals surface area (Å²) in [6.45, 7) is 6.49. The Labute approximate surface area is 88.3 Å². The highest BCUT2D eigenvalue weighted by Gasteiger charge is 2.15. The van der Waals surface area contributed by atoms with Crippen LogP contribution in [-0.4, -0.2) is 9.97 Å². The number of hydrogen-bond acceptors (Lipinski definition) is 1. The molecule has 2 aromatic rings. The van der Waals surface area contributed by atoms with Crippen molar-refractivity contribution in [3.05, 3.63) is 29.0 Å². The zero-order chi connectivity index (χ0) is 10.3. The van der Waals surface area contributed by atoms with Gasteiger partial charge in [0.2, 0.25) is 0 Å². The van der Waals surface area contributed by atoms with Crippen molar-refractivity contribution in [2.24, 2.45) is 0 Å². The van der Waals surface area contributed by atoms with E-state index in [0.29, 0.717) is 0 Å². The summed E-state index contributed by atoms with van der Waals surface area (Å²) in [6.07, 6.45) is 3.67. The Morgan fingerprint density at radius 2 is 2.07 bits per heavy atom. The van der Waals surface area contributed by atoms with Crippen molar-refractivity contribution in [3.63, 3.8) is 0 Å². The molecule has 14 heavy (non-hydrogen) atoms. The molecule has 0 atom stereocenters. The highest BCUT2D eigenvalue weighted by atomic mass is 35.5. The molecule has 0 bridgehead atoms. The molecule has 2 aromatic heterocycles. The van der Waals surface area contributed by atoms with Crippen LogP contribution < -0.4 is 0 Å². The first kappa shape index (κ1) is 9.53. The molecule has 2 rings (SSSR count). The predicted molar refractivity (Wildman–Crippen MR) is 59.8 cm³/mol. The normalized spacial score (nSPS) is 12.3. The fourth-order valence-electron chi connectivity index (χ4n) is 1.38. The average Bonchev–Trinajstić information content (AvgIpc) is 2.46. The third kappa shape index (κ3) is 1.50. The standard InChI is InChI=1S/C11H13ClN2/c1-11(2,3)7-4-8-9(12)6-14-10(8)13-5-7/h4-6H,1-3H3,(H,13,14). The lowest BCUT2D eigenvalue weighted by Crippen LogP contribution is -2.11. The number of nitrogens with one attached hydrogen (secondary N) is 1. The molecule has 0 saturated carbocycles. The zero-order valence-electron chi connectivity index (χ0n) is 8.56. The zero-order valence-corrected chi connectivity index (χ0v) is 9.31. The van der Waals surface area contributed by atoms with Crippen molar-refractivity contribution in [3.8, 4) is 0 Å². The highest BCUT2D eigenvalue weighted by Crippen LogP contribution is 2.27. The minimum absolute atomic E-state index is 0.113. The van der Waals surface area contributed by atoms with Gasteiger partial charge in [0, 0.05) is 17.8 Å². The summed E-state index contributed by atoms with van der Waals surface area (Å²) in [5.74, 6) is 0. The van der Waals surface area contributed by atoms with Gasteiger partial charge in [-0.25, -0.2) is 4.98 Å². The number of nitrogens with zero attached hydrogens (tertiary/aromatic N) is 1. The van der Waals surface area contributed by atoms with Crippen LogP contribution in [-0.2, 0) is 5.41 Å². The van der Waals surface area contributed by atoms with Crippen LogP contribution in [0.5, 0.6) is 0 Å². The van der Waals surface area contributed by atoms with Crippen molar-refractivity contribution in [2.45, 2.75) is 26.2 Å². The van der Waals surface area contributed by atoms with Gasteiger partial charge >= 0.3 is 0 Å². The number of rotatable bonds is 0. The van der Waals surface area contributed by atoms with E-state index in [1.54, 1.807) is 6.20 Å². The van der Waals surface area contributed by atoms with Crippen molar-refractivity contribution >= 4 is 22.6 Å². The van der Waals surface area contributed by atoms with Crippen molar-refractivity contribution < 1.29 is 0 Å². The molecule has 0 aromatic carbocycles. The van der Waals surface area contributed by atoms with Crippen LogP contribution in [0.25, 0.3) is 11.0 Å². The van der Waals surface area contributed by atoms with Gasteiger partial charge in [0.25, 0.3) is 0 Å². The molecule has 2 heterocycles. The van der Waals surface area contributed by atoms with Gasteiger partial charge in [0.1, 0.15) is 5.65 Å². The minimum atomic E-state index is 0.113. The number of H-pyrrole nitrogens is 1. The summed E-state index contributed by atoms with van der Waals surface area (Å²) in [7, 11) is 0. The summed E-state index contributed by atoms with van der Waals surface area (Å²) in [5.41, 5.74) is 2.16. The Kier molecular flexibility index (Phi) is 2.04. The van der Waals surface area contributed by atoms with Crippen molar-refractivity contribution in [1.82, 2.24) is 9.97 Å². The Morgan fingerprint density at radius 1 is 1.36 bits per heavy atom. The number of pyridine rings is 1. The minimum Gasteiger partial charge on any atom is -0.345 e. The average molecular weight is 209 g/mol. The summed E-state index contributed by atoms with van der Waals surface area (Å²) in [5, 5.41) is 1.73. The van der Waals surface area contributed by atoms with Crippen LogP contribution in [0.3, 0.4) is 0 Å². The van der Waals surface area contributed by atoms with Gasteiger partial charge in [-0.3, -0.25) is 0 Å². The smallest absolute Gasteiger partial charge is 0.138 e. The summed E-state index contributed by atoms with van der Waals surface area (Å²) in [6, 6.07) is 2.10. The van der Waals surface area contributed by atoms with Gasteiger partial charge in [-0.15, -0.1) is 0 Å². The molecule has 0 unspecified atom stereocenters. The quantitative estimate of drug-likeness (QED) is 0.705. The first-order valence-electron chi connectivity index (χ1n) is 4.61. The molecular formula is C11H13ClN2. The van der Waals surface area contributed by atoms with E-state index in [0.717, 1.165) is 16.1 Å². The first-order valence-corrected chi connectivity index (χ1v) is 4.99.